The van der Waals surface area contributed by atoms with Crippen molar-refractivity contribution in [2.24, 2.45) is 0 Å². The van der Waals surface area contributed by atoms with Gasteiger partial charge in [-0.2, -0.15) is 4.31 Å². The SMILES string of the molecule is O=C(CCSc1ccc(F)c(F)c1)N1CCN(S(=O)(=O)c2ccc3c(c2)OCCCO3)CC1. The van der Waals surface area contributed by atoms with Crippen molar-refractivity contribution in [3.63, 3.8) is 0 Å². The lowest BCUT2D eigenvalue weighted by Gasteiger charge is -2.34. The van der Waals surface area contributed by atoms with Gasteiger partial charge in [0.1, 0.15) is 0 Å². The van der Waals surface area contributed by atoms with Gasteiger partial charge < -0.3 is 14.4 Å². The monoisotopic (exact) mass is 498 g/mol. The number of hydrogen-bond donors (Lipinski definition) is 0. The Morgan fingerprint density at radius 2 is 1.67 bits per heavy atom. The van der Waals surface area contributed by atoms with Crippen LogP contribution >= 0.6 is 11.8 Å². The fraction of sp³-hybridized carbons (Fsp3) is 0.409. The van der Waals surface area contributed by atoms with Gasteiger partial charge >= 0.3 is 0 Å². The van der Waals surface area contributed by atoms with Crippen LogP contribution in [0.2, 0.25) is 0 Å². The lowest BCUT2D eigenvalue weighted by Crippen LogP contribution is -2.50. The number of fused-ring (bicyclic) bond motifs is 1. The zero-order chi connectivity index (χ0) is 23.4. The molecule has 0 N–H and O–H groups in total. The number of nitrogens with zero attached hydrogens (tertiary/aromatic N) is 2. The van der Waals surface area contributed by atoms with Crippen molar-refractivity contribution < 1.29 is 31.5 Å². The third-order valence-electron chi connectivity index (χ3n) is 5.42. The summed E-state index contributed by atoms with van der Waals surface area (Å²) in [5, 5.41) is 0. The minimum Gasteiger partial charge on any atom is -0.490 e. The van der Waals surface area contributed by atoms with E-state index in [1.807, 2.05) is 0 Å². The summed E-state index contributed by atoms with van der Waals surface area (Å²) in [5.74, 6) is -0.562. The van der Waals surface area contributed by atoms with E-state index < -0.39 is 21.7 Å². The highest BCUT2D eigenvalue weighted by atomic mass is 32.2. The molecule has 0 atom stereocenters. The fourth-order valence-corrected chi connectivity index (χ4v) is 5.91. The predicted molar refractivity (Wildman–Crippen MR) is 119 cm³/mol. The van der Waals surface area contributed by atoms with E-state index in [1.54, 1.807) is 11.0 Å². The molecule has 0 aromatic heterocycles. The Morgan fingerprint density at radius 1 is 0.939 bits per heavy atom. The molecule has 0 unspecified atom stereocenters. The van der Waals surface area contributed by atoms with Gasteiger partial charge in [0, 0.05) is 55.7 Å². The first kappa shape index (κ1) is 23.8. The molecule has 11 heteroatoms. The summed E-state index contributed by atoms with van der Waals surface area (Å²) in [4.78, 5) is 14.8. The highest BCUT2D eigenvalue weighted by molar-refractivity contribution is 7.99. The number of thioether (sulfide) groups is 1. The number of amides is 1. The summed E-state index contributed by atoms with van der Waals surface area (Å²) >= 11 is 1.27. The minimum absolute atomic E-state index is 0.0993. The van der Waals surface area contributed by atoms with Crippen molar-refractivity contribution in [2.75, 3.05) is 45.1 Å². The van der Waals surface area contributed by atoms with Crippen LogP contribution in [0.3, 0.4) is 0 Å². The molecule has 0 aliphatic carbocycles. The van der Waals surface area contributed by atoms with E-state index in [9.17, 15) is 22.0 Å². The number of hydrogen-bond acceptors (Lipinski definition) is 6. The Kier molecular flexibility index (Phi) is 7.40. The molecule has 2 heterocycles. The summed E-state index contributed by atoms with van der Waals surface area (Å²) in [6.07, 6.45) is 0.949. The molecular formula is C22H24F2N2O5S2. The summed E-state index contributed by atoms with van der Waals surface area (Å²) in [5.41, 5.74) is 0. The molecule has 2 aliphatic heterocycles. The first-order valence-electron chi connectivity index (χ1n) is 10.6. The van der Waals surface area contributed by atoms with Gasteiger partial charge in [-0.15, -0.1) is 11.8 Å². The van der Waals surface area contributed by atoms with E-state index >= 15 is 0 Å². The Labute approximate surface area is 195 Å². The molecule has 2 aromatic carbocycles. The van der Waals surface area contributed by atoms with Crippen molar-refractivity contribution in [1.29, 1.82) is 0 Å². The third kappa shape index (κ3) is 5.59. The van der Waals surface area contributed by atoms with Gasteiger partial charge in [0.25, 0.3) is 0 Å². The molecule has 1 saturated heterocycles. The highest BCUT2D eigenvalue weighted by Gasteiger charge is 2.31. The summed E-state index contributed by atoms with van der Waals surface area (Å²) < 4.78 is 65.0. The maximum absolute atomic E-state index is 13.3. The van der Waals surface area contributed by atoms with Crippen molar-refractivity contribution in [2.45, 2.75) is 22.6 Å². The number of sulfonamides is 1. The molecule has 178 valence electrons. The third-order valence-corrected chi connectivity index (χ3v) is 8.31. The van der Waals surface area contributed by atoms with Gasteiger partial charge in [-0.25, -0.2) is 17.2 Å². The Bertz CT molecular complexity index is 1120. The van der Waals surface area contributed by atoms with Gasteiger partial charge in [-0.3, -0.25) is 4.79 Å². The second kappa shape index (κ2) is 10.3. The molecular weight excluding hydrogens is 474 g/mol. The Hall–Kier alpha value is -2.37. The molecule has 33 heavy (non-hydrogen) atoms. The number of halogens is 2. The number of carbonyl (C=O) groups excluding carboxylic acids is 1. The molecule has 4 rings (SSSR count). The van der Waals surface area contributed by atoms with Crippen LogP contribution < -0.4 is 9.47 Å². The van der Waals surface area contributed by atoms with Gasteiger partial charge in [0.15, 0.2) is 23.1 Å². The summed E-state index contributed by atoms with van der Waals surface area (Å²) in [6.45, 7) is 1.95. The van der Waals surface area contributed by atoms with Crippen LogP contribution in [0.25, 0.3) is 0 Å². The number of benzene rings is 2. The van der Waals surface area contributed by atoms with Crippen LogP contribution in [0.15, 0.2) is 46.2 Å². The Morgan fingerprint density at radius 3 is 2.39 bits per heavy atom. The molecule has 1 fully saturated rings. The second-order valence-electron chi connectivity index (χ2n) is 7.62. The van der Waals surface area contributed by atoms with E-state index in [0.717, 1.165) is 18.6 Å². The topological polar surface area (TPSA) is 76.2 Å². The minimum atomic E-state index is -3.73. The van der Waals surface area contributed by atoms with Gasteiger partial charge in [0.2, 0.25) is 15.9 Å². The normalized spacial score (nSPS) is 17.0. The maximum atomic E-state index is 13.3. The van der Waals surface area contributed by atoms with Gasteiger partial charge in [0.05, 0.1) is 18.1 Å². The molecule has 0 spiro atoms. The molecule has 0 bridgehead atoms. The quantitative estimate of drug-likeness (QED) is 0.570. The zero-order valence-corrected chi connectivity index (χ0v) is 19.5. The predicted octanol–water partition coefficient (Wildman–Crippen LogP) is 3.14. The van der Waals surface area contributed by atoms with Crippen molar-refractivity contribution in [3.8, 4) is 11.5 Å². The standard InChI is InChI=1S/C22H24F2N2O5S2/c23-18-4-2-16(14-19(18)24)32-13-6-22(27)25-7-9-26(10-8-25)33(28,29)17-3-5-20-21(15-17)31-12-1-11-30-20/h2-5,14-15H,1,6-13H2. The average Bonchev–Trinajstić information content (AvgIpc) is 3.06. The lowest BCUT2D eigenvalue weighted by molar-refractivity contribution is -0.131. The molecule has 1 amide bonds. The summed E-state index contributed by atoms with van der Waals surface area (Å²) in [7, 11) is -3.73. The summed E-state index contributed by atoms with van der Waals surface area (Å²) in [6, 6.07) is 8.24. The highest BCUT2D eigenvalue weighted by Crippen LogP contribution is 2.33. The van der Waals surface area contributed by atoms with E-state index in [4.69, 9.17) is 9.47 Å². The molecule has 0 radical (unpaired) electrons. The number of piperazine rings is 1. The number of ether oxygens (including phenoxy) is 2. The molecule has 2 aromatic rings. The van der Waals surface area contributed by atoms with Crippen molar-refractivity contribution in [3.05, 3.63) is 48.0 Å². The van der Waals surface area contributed by atoms with Crippen molar-refractivity contribution >= 4 is 27.7 Å². The Balaban J connectivity index is 1.30. The van der Waals surface area contributed by atoms with E-state index in [1.165, 1.54) is 34.3 Å². The van der Waals surface area contributed by atoms with E-state index in [2.05, 4.69) is 0 Å². The fourth-order valence-electron chi connectivity index (χ4n) is 3.61. The largest absolute Gasteiger partial charge is 0.490 e. The first-order chi connectivity index (χ1) is 15.8. The van der Waals surface area contributed by atoms with E-state index in [0.29, 0.717) is 48.5 Å². The second-order valence-corrected chi connectivity index (χ2v) is 10.7. The van der Waals surface area contributed by atoms with Crippen LogP contribution in [-0.4, -0.2) is 68.7 Å². The van der Waals surface area contributed by atoms with Crippen LogP contribution in [0, 0.1) is 11.6 Å². The van der Waals surface area contributed by atoms with Gasteiger partial charge in [-0.05, 0) is 30.3 Å². The smallest absolute Gasteiger partial charge is 0.243 e. The average molecular weight is 499 g/mol. The van der Waals surface area contributed by atoms with E-state index in [-0.39, 0.29) is 30.3 Å². The van der Waals surface area contributed by atoms with Gasteiger partial charge in [-0.1, -0.05) is 0 Å². The zero-order valence-electron chi connectivity index (χ0n) is 17.8. The number of carbonyl (C=O) groups is 1. The van der Waals surface area contributed by atoms with Crippen LogP contribution in [0.1, 0.15) is 12.8 Å². The molecule has 7 nitrogen and oxygen atoms in total. The molecule has 0 saturated carbocycles. The first-order valence-corrected chi connectivity index (χ1v) is 13.0. The van der Waals surface area contributed by atoms with Crippen LogP contribution in [-0.2, 0) is 14.8 Å². The lowest BCUT2D eigenvalue weighted by atomic mass is 10.3. The molecule has 2 aliphatic rings. The van der Waals surface area contributed by atoms with Crippen LogP contribution in [0.5, 0.6) is 11.5 Å². The van der Waals surface area contributed by atoms with Crippen molar-refractivity contribution in [1.82, 2.24) is 9.21 Å². The maximum Gasteiger partial charge on any atom is 0.243 e. The number of rotatable bonds is 6. The van der Waals surface area contributed by atoms with Crippen LogP contribution in [0.4, 0.5) is 8.78 Å².